The monoisotopic (exact) mass is 398 g/mol. The van der Waals surface area contributed by atoms with Crippen LogP contribution in [0.4, 0.5) is 0 Å². The number of alkyl halides is 1. The molecule has 4 rings (SSSR count). The van der Waals surface area contributed by atoms with Crippen LogP contribution in [0, 0.1) is 5.92 Å². The number of likely N-dealkylation sites (N-methyl/N-ethyl adjacent to an activating group) is 1. The molecule has 0 spiro atoms. The predicted octanol–water partition coefficient (Wildman–Crippen LogP) is 1.38. The average Bonchev–Trinajstić information content (AvgIpc) is 2.98. The Labute approximate surface area is 168 Å². The lowest BCUT2D eigenvalue weighted by atomic mass is 9.85. The van der Waals surface area contributed by atoms with Crippen molar-refractivity contribution in [2.75, 3.05) is 39.9 Å². The Balaban J connectivity index is 1.28. The first-order valence-corrected chi connectivity index (χ1v) is 11.3. The van der Waals surface area contributed by atoms with E-state index in [1.54, 1.807) is 0 Å². The summed E-state index contributed by atoms with van der Waals surface area (Å²) in [5.41, 5.74) is 0. The van der Waals surface area contributed by atoms with E-state index < -0.39 is 0 Å². The van der Waals surface area contributed by atoms with Crippen molar-refractivity contribution in [1.82, 2.24) is 20.4 Å². The quantitative estimate of drug-likeness (QED) is 0.701. The summed E-state index contributed by atoms with van der Waals surface area (Å²) < 4.78 is 5.47. The molecule has 6 nitrogen and oxygen atoms in total. The van der Waals surface area contributed by atoms with Gasteiger partial charge >= 0.3 is 0 Å². The van der Waals surface area contributed by atoms with Gasteiger partial charge in [0.25, 0.3) is 0 Å². The molecule has 4 aliphatic rings. The molecule has 2 saturated carbocycles. The Morgan fingerprint density at radius 3 is 2.74 bits per heavy atom. The first-order valence-electron chi connectivity index (χ1n) is 10.8. The number of halogens is 1. The van der Waals surface area contributed by atoms with Crippen LogP contribution in [0.2, 0.25) is 0 Å². The molecular formula is C20H35ClN4O2. The number of hydrogen-bond acceptors (Lipinski definition) is 5. The number of nitrogens with one attached hydrogen (secondary N) is 2. The second kappa shape index (κ2) is 8.95. The molecule has 1 amide bonds. The predicted molar refractivity (Wildman–Crippen MR) is 107 cm³/mol. The zero-order valence-corrected chi connectivity index (χ0v) is 17.3. The molecule has 27 heavy (non-hydrogen) atoms. The van der Waals surface area contributed by atoms with Gasteiger partial charge in [0.05, 0.1) is 25.3 Å². The minimum absolute atomic E-state index is 0.00594. The van der Waals surface area contributed by atoms with Crippen molar-refractivity contribution in [3.05, 3.63) is 0 Å². The number of nitrogens with zero attached hydrogens (tertiary/aromatic N) is 2. The van der Waals surface area contributed by atoms with E-state index in [-0.39, 0.29) is 23.2 Å². The van der Waals surface area contributed by atoms with Gasteiger partial charge in [-0.15, -0.1) is 11.6 Å². The second-order valence-electron chi connectivity index (χ2n) is 8.86. The van der Waals surface area contributed by atoms with Gasteiger partial charge in [0, 0.05) is 43.1 Å². The zero-order chi connectivity index (χ0) is 18.8. The Morgan fingerprint density at radius 2 is 1.96 bits per heavy atom. The summed E-state index contributed by atoms with van der Waals surface area (Å²) in [5, 5.41) is 7.20. The standard InChI is InChI=1S/C20H35ClN4O2/c1-24-18-7-6-14(22-20(26)15-4-2-3-5-16(15)21)12-17(18)23-19(24)13-25-8-10-27-11-9-25/h14-19,23H,2-13H2,1H3,(H,22,26). The fourth-order valence-electron chi connectivity index (χ4n) is 5.45. The van der Waals surface area contributed by atoms with Crippen molar-refractivity contribution >= 4 is 17.5 Å². The molecule has 6 unspecified atom stereocenters. The number of amides is 1. The molecule has 7 heteroatoms. The molecule has 6 atom stereocenters. The minimum Gasteiger partial charge on any atom is -0.379 e. The van der Waals surface area contributed by atoms with Gasteiger partial charge in [-0.1, -0.05) is 12.8 Å². The summed E-state index contributed by atoms with van der Waals surface area (Å²) in [7, 11) is 2.25. The number of ether oxygens (including phenoxy) is 1. The van der Waals surface area contributed by atoms with E-state index in [2.05, 4.69) is 27.5 Å². The number of carbonyl (C=O) groups is 1. The van der Waals surface area contributed by atoms with E-state index in [0.29, 0.717) is 18.2 Å². The maximum atomic E-state index is 12.7. The van der Waals surface area contributed by atoms with Gasteiger partial charge < -0.3 is 10.1 Å². The highest BCUT2D eigenvalue weighted by molar-refractivity contribution is 6.22. The summed E-state index contributed by atoms with van der Waals surface area (Å²) in [6.07, 6.45) is 7.86. The van der Waals surface area contributed by atoms with Gasteiger partial charge in [-0.2, -0.15) is 0 Å². The van der Waals surface area contributed by atoms with Gasteiger partial charge in [-0.3, -0.25) is 19.9 Å². The van der Waals surface area contributed by atoms with Crippen molar-refractivity contribution < 1.29 is 9.53 Å². The Bertz CT molecular complexity index is 516. The molecule has 0 aromatic carbocycles. The van der Waals surface area contributed by atoms with Crippen LogP contribution in [0.5, 0.6) is 0 Å². The van der Waals surface area contributed by atoms with E-state index in [9.17, 15) is 4.79 Å². The van der Waals surface area contributed by atoms with Gasteiger partial charge in [0.2, 0.25) is 5.91 Å². The van der Waals surface area contributed by atoms with Crippen molar-refractivity contribution in [3.8, 4) is 0 Å². The highest BCUT2D eigenvalue weighted by Crippen LogP contribution is 2.32. The van der Waals surface area contributed by atoms with Gasteiger partial charge in [-0.05, 0) is 39.2 Å². The highest BCUT2D eigenvalue weighted by atomic mass is 35.5. The number of rotatable bonds is 4. The lowest BCUT2D eigenvalue weighted by Gasteiger charge is -2.36. The van der Waals surface area contributed by atoms with E-state index in [1.807, 2.05) is 0 Å². The smallest absolute Gasteiger partial charge is 0.224 e. The molecule has 2 saturated heterocycles. The van der Waals surface area contributed by atoms with Crippen molar-refractivity contribution in [2.45, 2.75) is 74.6 Å². The molecule has 2 aliphatic heterocycles. The topological polar surface area (TPSA) is 56.8 Å². The van der Waals surface area contributed by atoms with Crippen LogP contribution >= 0.6 is 11.6 Å². The maximum Gasteiger partial charge on any atom is 0.224 e. The SMILES string of the molecule is CN1C(CN2CCOCC2)NC2CC(NC(=O)C3CCCCC3Cl)CCC21. The molecule has 2 N–H and O–H groups in total. The van der Waals surface area contributed by atoms with Crippen molar-refractivity contribution in [1.29, 1.82) is 0 Å². The van der Waals surface area contributed by atoms with Crippen LogP contribution in [-0.2, 0) is 9.53 Å². The first-order chi connectivity index (χ1) is 13.1. The number of morpholine rings is 1. The lowest BCUT2D eigenvalue weighted by Crippen LogP contribution is -2.50. The number of hydrogen-bond donors (Lipinski definition) is 2. The lowest BCUT2D eigenvalue weighted by molar-refractivity contribution is -0.126. The van der Waals surface area contributed by atoms with Crippen molar-refractivity contribution in [2.24, 2.45) is 5.92 Å². The maximum absolute atomic E-state index is 12.7. The zero-order valence-electron chi connectivity index (χ0n) is 16.5. The summed E-state index contributed by atoms with van der Waals surface area (Å²) in [6, 6.07) is 1.34. The molecule has 2 heterocycles. The van der Waals surface area contributed by atoms with Crippen LogP contribution in [0.3, 0.4) is 0 Å². The highest BCUT2D eigenvalue weighted by Gasteiger charge is 2.43. The van der Waals surface area contributed by atoms with Crippen LogP contribution < -0.4 is 10.6 Å². The van der Waals surface area contributed by atoms with E-state index in [0.717, 1.165) is 77.8 Å². The Morgan fingerprint density at radius 1 is 1.19 bits per heavy atom. The van der Waals surface area contributed by atoms with E-state index in [4.69, 9.17) is 16.3 Å². The molecule has 0 radical (unpaired) electrons. The molecule has 154 valence electrons. The fraction of sp³-hybridized carbons (Fsp3) is 0.950. The molecule has 0 bridgehead atoms. The average molecular weight is 399 g/mol. The molecular weight excluding hydrogens is 364 g/mol. The third kappa shape index (κ3) is 4.61. The van der Waals surface area contributed by atoms with Gasteiger partial charge in [-0.25, -0.2) is 0 Å². The molecule has 2 aliphatic carbocycles. The Hall–Kier alpha value is -0.400. The van der Waals surface area contributed by atoms with Crippen LogP contribution in [0.25, 0.3) is 0 Å². The van der Waals surface area contributed by atoms with Crippen LogP contribution in [0.15, 0.2) is 0 Å². The Kier molecular flexibility index (Phi) is 6.60. The van der Waals surface area contributed by atoms with E-state index >= 15 is 0 Å². The summed E-state index contributed by atoms with van der Waals surface area (Å²) in [6.45, 7) is 4.81. The minimum atomic E-state index is 0.00594. The second-order valence-corrected chi connectivity index (χ2v) is 9.42. The summed E-state index contributed by atoms with van der Waals surface area (Å²) in [4.78, 5) is 17.7. The fourth-order valence-corrected chi connectivity index (χ4v) is 5.84. The third-order valence-corrected chi connectivity index (χ3v) is 7.66. The molecule has 4 fully saturated rings. The molecule has 0 aromatic rings. The van der Waals surface area contributed by atoms with Gasteiger partial charge in [0.1, 0.15) is 0 Å². The van der Waals surface area contributed by atoms with Crippen LogP contribution in [-0.4, -0.2) is 85.3 Å². The normalized spacial score (nSPS) is 41.3. The largest absolute Gasteiger partial charge is 0.379 e. The summed E-state index contributed by atoms with van der Waals surface area (Å²) >= 11 is 6.42. The van der Waals surface area contributed by atoms with Crippen LogP contribution in [0.1, 0.15) is 44.9 Å². The third-order valence-electron chi connectivity index (χ3n) is 7.13. The number of carbonyl (C=O) groups excluding carboxylic acids is 1. The van der Waals surface area contributed by atoms with E-state index in [1.165, 1.54) is 0 Å². The first kappa shape index (κ1) is 19.9. The summed E-state index contributed by atoms with van der Waals surface area (Å²) in [5.74, 6) is 0.195. The van der Waals surface area contributed by atoms with Gasteiger partial charge in [0.15, 0.2) is 0 Å². The van der Waals surface area contributed by atoms with Crippen molar-refractivity contribution in [3.63, 3.8) is 0 Å². The molecule has 0 aromatic heterocycles. The number of fused-ring (bicyclic) bond motifs is 1.